The van der Waals surface area contributed by atoms with E-state index in [9.17, 15) is 0 Å². The van der Waals surface area contributed by atoms with Crippen molar-refractivity contribution < 1.29 is 4.74 Å². The van der Waals surface area contributed by atoms with E-state index in [1.165, 1.54) is 5.56 Å². The third-order valence-electron chi connectivity index (χ3n) is 3.46. The average molecular weight is 205 g/mol. The number of benzene rings is 1. The Bertz CT molecular complexity index is 325. The van der Waals surface area contributed by atoms with Crippen molar-refractivity contribution >= 4 is 0 Å². The third kappa shape index (κ3) is 1.92. The topological polar surface area (TPSA) is 12.5 Å². The Balaban J connectivity index is 2.27. The number of ether oxygens (including phenoxy) is 1. The molecular weight excluding hydrogens is 186 g/mol. The molecule has 0 radical (unpaired) electrons. The van der Waals surface area contributed by atoms with Crippen molar-refractivity contribution in [2.75, 3.05) is 20.3 Å². The largest absolute Gasteiger partial charge is 0.355 e. The maximum absolute atomic E-state index is 6.00. The van der Waals surface area contributed by atoms with Crippen LogP contribution in [0.4, 0.5) is 0 Å². The van der Waals surface area contributed by atoms with Crippen molar-refractivity contribution in [3.8, 4) is 0 Å². The summed E-state index contributed by atoms with van der Waals surface area (Å²) in [5, 5.41) is 0. The van der Waals surface area contributed by atoms with E-state index in [-0.39, 0.29) is 5.60 Å². The van der Waals surface area contributed by atoms with Crippen LogP contribution in [-0.2, 0) is 10.3 Å². The molecule has 0 bridgehead atoms. The fourth-order valence-electron chi connectivity index (χ4n) is 2.22. The summed E-state index contributed by atoms with van der Waals surface area (Å²) in [6.07, 6.45) is 0. The Kier molecular flexibility index (Phi) is 2.81. The van der Waals surface area contributed by atoms with Gasteiger partial charge in [0.2, 0.25) is 0 Å². The van der Waals surface area contributed by atoms with Gasteiger partial charge in [0.25, 0.3) is 0 Å². The minimum atomic E-state index is -0.131. The van der Waals surface area contributed by atoms with Gasteiger partial charge in [-0.1, -0.05) is 37.3 Å². The van der Waals surface area contributed by atoms with Crippen molar-refractivity contribution in [1.29, 1.82) is 0 Å². The number of rotatable bonds is 1. The minimum absolute atomic E-state index is 0.131. The number of hydrogen-bond acceptors (Lipinski definition) is 2. The van der Waals surface area contributed by atoms with Crippen molar-refractivity contribution in [2.24, 2.45) is 5.92 Å². The fraction of sp³-hybridized carbons (Fsp3) is 0.538. The van der Waals surface area contributed by atoms with Gasteiger partial charge in [-0.3, -0.25) is 4.90 Å². The molecule has 1 heterocycles. The second kappa shape index (κ2) is 3.95. The normalized spacial score (nSPS) is 32.9. The maximum Gasteiger partial charge on any atom is 0.1000 e. The van der Waals surface area contributed by atoms with Crippen LogP contribution in [0.1, 0.15) is 19.4 Å². The third-order valence-corrected chi connectivity index (χ3v) is 3.46. The van der Waals surface area contributed by atoms with Crippen LogP contribution in [0.25, 0.3) is 0 Å². The Morgan fingerprint density at radius 3 is 2.60 bits per heavy atom. The molecule has 1 saturated heterocycles. The highest BCUT2D eigenvalue weighted by molar-refractivity contribution is 5.23. The number of hydrogen-bond donors (Lipinski definition) is 0. The predicted octanol–water partition coefficient (Wildman–Crippen LogP) is 2.46. The molecule has 15 heavy (non-hydrogen) atoms. The molecule has 0 spiro atoms. The molecule has 1 aliphatic heterocycles. The molecule has 2 rings (SSSR count). The van der Waals surface area contributed by atoms with E-state index >= 15 is 0 Å². The lowest BCUT2D eigenvalue weighted by Crippen LogP contribution is -2.47. The van der Waals surface area contributed by atoms with Gasteiger partial charge in [-0.2, -0.15) is 0 Å². The van der Waals surface area contributed by atoms with Gasteiger partial charge in [0.15, 0.2) is 0 Å². The molecule has 1 aromatic carbocycles. The van der Waals surface area contributed by atoms with E-state index in [0.717, 1.165) is 13.3 Å². The summed E-state index contributed by atoms with van der Waals surface area (Å²) in [5.41, 5.74) is 1.15. The van der Waals surface area contributed by atoms with Gasteiger partial charge in [0.05, 0.1) is 12.3 Å². The van der Waals surface area contributed by atoms with Gasteiger partial charge >= 0.3 is 0 Å². The first-order valence-corrected chi connectivity index (χ1v) is 5.51. The summed E-state index contributed by atoms with van der Waals surface area (Å²) in [6, 6.07) is 10.5. The lowest BCUT2D eigenvalue weighted by atomic mass is 9.82. The van der Waals surface area contributed by atoms with Crippen molar-refractivity contribution in [1.82, 2.24) is 4.90 Å². The van der Waals surface area contributed by atoms with Gasteiger partial charge in [-0.25, -0.2) is 0 Å². The van der Waals surface area contributed by atoms with Gasteiger partial charge < -0.3 is 4.74 Å². The standard InChI is InChI=1S/C13H19NO/c1-11-9-14(3)10-15-13(11,2)12-7-5-4-6-8-12/h4-8,11H,9-10H2,1-3H3/t11-,13-/m0/s1. The zero-order chi connectivity index (χ0) is 10.9. The monoisotopic (exact) mass is 205 g/mol. The summed E-state index contributed by atoms with van der Waals surface area (Å²) in [7, 11) is 2.10. The van der Waals surface area contributed by atoms with Crippen LogP contribution in [-0.4, -0.2) is 25.2 Å². The molecule has 2 atom stereocenters. The lowest BCUT2D eigenvalue weighted by Gasteiger charge is -2.43. The first kappa shape index (κ1) is 10.7. The molecule has 1 aliphatic rings. The highest BCUT2D eigenvalue weighted by atomic mass is 16.5. The summed E-state index contributed by atoms with van der Waals surface area (Å²) in [6.45, 7) is 6.25. The summed E-state index contributed by atoms with van der Waals surface area (Å²) in [4.78, 5) is 2.22. The van der Waals surface area contributed by atoms with Crippen LogP contribution in [0.3, 0.4) is 0 Å². The van der Waals surface area contributed by atoms with Crippen LogP contribution in [0.15, 0.2) is 30.3 Å². The molecule has 0 aliphatic carbocycles. The average Bonchev–Trinajstić information content (AvgIpc) is 2.25. The summed E-state index contributed by atoms with van der Waals surface area (Å²) < 4.78 is 6.00. The molecule has 82 valence electrons. The zero-order valence-electron chi connectivity index (χ0n) is 9.73. The van der Waals surface area contributed by atoms with Crippen molar-refractivity contribution in [3.05, 3.63) is 35.9 Å². The second-order valence-corrected chi connectivity index (χ2v) is 4.69. The van der Waals surface area contributed by atoms with Crippen molar-refractivity contribution in [3.63, 3.8) is 0 Å². The molecule has 2 nitrogen and oxygen atoms in total. The molecule has 2 heteroatoms. The summed E-state index contributed by atoms with van der Waals surface area (Å²) in [5.74, 6) is 0.513. The molecule has 1 fully saturated rings. The van der Waals surface area contributed by atoms with E-state index in [2.05, 4.69) is 50.1 Å². The van der Waals surface area contributed by atoms with Gasteiger partial charge in [-0.15, -0.1) is 0 Å². The Morgan fingerprint density at radius 1 is 1.33 bits per heavy atom. The van der Waals surface area contributed by atoms with Crippen LogP contribution >= 0.6 is 0 Å². The molecular formula is C13H19NO. The first-order valence-electron chi connectivity index (χ1n) is 5.51. The molecule has 0 N–H and O–H groups in total. The van der Waals surface area contributed by atoms with Gasteiger partial charge in [-0.05, 0) is 19.5 Å². The van der Waals surface area contributed by atoms with E-state index in [1.807, 2.05) is 6.07 Å². The van der Waals surface area contributed by atoms with Crippen LogP contribution < -0.4 is 0 Å². The second-order valence-electron chi connectivity index (χ2n) is 4.69. The minimum Gasteiger partial charge on any atom is -0.355 e. The van der Waals surface area contributed by atoms with Crippen LogP contribution in [0.5, 0.6) is 0 Å². The first-order chi connectivity index (χ1) is 7.13. The molecule has 0 unspecified atom stereocenters. The Hall–Kier alpha value is -0.860. The van der Waals surface area contributed by atoms with E-state index < -0.39 is 0 Å². The van der Waals surface area contributed by atoms with Gasteiger partial charge in [0, 0.05) is 12.5 Å². The highest BCUT2D eigenvalue weighted by Gasteiger charge is 2.38. The smallest absolute Gasteiger partial charge is 0.1000 e. The molecule has 0 saturated carbocycles. The number of nitrogens with zero attached hydrogens (tertiary/aromatic N) is 1. The predicted molar refractivity (Wildman–Crippen MR) is 61.5 cm³/mol. The SMILES string of the molecule is C[C@H]1CN(C)CO[C@]1(C)c1ccccc1. The lowest BCUT2D eigenvalue weighted by molar-refractivity contribution is -0.158. The maximum atomic E-state index is 6.00. The fourth-order valence-corrected chi connectivity index (χ4v) is 2.22. The van der Waals surface area contributed by atoms with E-state index in [4.69, 9.17) is 4.74 Å². The summed E-state index contributed by atoms with van der Waals surface area (Å²) >= 11 is 0. The quantitative estimate of drug-likeness (QED) is 0.698. The van der Waals surface area contributed by atoms with Crippen molar-refractivity contribution in [2.45, 2.75) is 19.4 Å². The Labute approximate surface area is 91.9 Å². The highest BCUT2D eigenvalue weighted by Crippen LogP contribution is 2.36. The van der Waals surface area contributed by atoms with E-state index in [0.29, 0.717) is 5.92 Å². The zero-order valence-corrected chi connectivity index (χ0v) is 9.73. The van der Waals surface area contributed by atoms with Crippen LogP contribution in [0, 0.1) is 5.92 Å². The molecule has 0 amide bonds. The molecule has 1 aromatic rings. The Morgan fingerprint density at radius 2 is 2.00 bits per heavy atom. The van der Waals surface area contributed by atoms with E-state index in [1.54, 1.807) is 0 Å². The van der Waals surface area contributed by atoms with Gasteiger partial charge in [0.1, 0.15) is 0 Å². The molecule has 0 aromatic heterocycles. The van der Waals surface area contributed by atoms with Crippen LogP contribution in [0.2, 0.25) is 0 Å².